The van der Waals surface area contributed by atoms with Gasteiger partial charge in [-0.05, 0) is 38.0 Å². The third-order valence-corrected chi connectivity index (χ3v) is 1.80. The van der Waals surface area contributed by atoms with Gasteiger partial charge in [-0.2, -0.15) is 0 Å². The maximum Gasteiger partial charge on any atom is -0.0386 e. The highest BCUT2D eigenvalue weighted by molar-refractivity contribution is 4.79. The van der Waals surface area contributed by atoms with E-state index in [2.05, 4.69) is 26.7 Å². The van der Waals surface area contributed by atoms with Crippen molar-refractivity contribution in [1.82, 2.24) is 0 Å². The van der Waals surface area contributed by atoms with E-state index in [0.717, 1.165) is 5.92 Å². The maximum absolute atomic E-state index is 3.75. The normalized spacial score (nSPS) is 17.5. The molecule has 0 amide bonds. The highest BCUT2D eigenvalue weighted by Gasteiger charge is 2.12. The van der Waals surface area contributed by atoms with Crippen LogP contribution in [0.4, 0.5) is 0 Å². The molecule has 0 bridgehead atoms. The van der Waals surface area contributed by atoms with Crippen molar-refractivity contribution in [3.63, 3.8) is 0 Å². The number of rotatable bonds is 0. The molecule has 0 nitrogen and oxygen atoms in total. The summed E-state index contributed by atoms with van der Waals surface area (Å²) in [6, 6.07) is 0. The third-order valence-electron chi connectivity index (χ3n) is 1.80. The molecule has 0 atom stereocenters. The van der Waals surface area contributed by atoms with E-state index in [1.165, 1.54) is 44.9 Å². The van der Waals surface area contributed by atoms with Crippen LogP contribution in [0, 0.1) is 46.5 Å². The molecule has 3 fully saturated rings. The third kappa shape index (κ3) is 49.0. The average molecular weight is 238 g/mol. The smallest absolute Gasteiger partial charge is 0.0386 e. The molecule has 0 aromatic heterocycles. The van der Waals surface area contributed by atoms with Crippen LogP contribution < -0.4 is 0 Å². The summed E-state index contributed by atoms with van der Waals surface area (Å²) in [6.07, 6.45) is 16.2. The Balaban J connectivity index is -0.000000145. The van der Waals surface area contributed by atoms with Gasteiger partial charge in [-0.15, -0.1) is 0 Å². The van der Waals surface area contributed by atoms with Crippen LogP contribution >= 0.6 is 0 Å². The molecule has 0 spiro atoms. The van der Waals surface area contributed by atoms with Gasteiger partial charge < -0.3 is 0 Å². The van der Waals surface area contributed by atoms with Crippen molar-refractivity contribution in [2.75, 3.05) is 0 Å². The Labute approximate surface area is 113 Å². The molecule has 0 unspecified atom stereocenters. The van der Waals surface area contributed by atoms with Crippen molar-refractivity contribution in [2.24, 2.45) is 5.92 Å². The molecule has 0 heteroatoms. The topological polar surface area (TPSA) is 0 Å². The van der Waals surface area contributed by atoms with Crippen LogP contribution in [0.5, 0.6) is 0 Å². The van der Waals surface area contributed by atoms with Crippen LogP contribution in [0.3, 0.4) is 0 Å². The van der Waals surface area contributed by atoms with E-state index in [4.69, 9.17) is 0 Å². The largest absolute Gasteiger partial charge is 0.0683 e. The summed E-state index contributed by atoms with van der Waals surface area (Å²) in [4.78, 5) is 0. The SMILES string of the molecule is C[CH]C.[CH2]C.[CH2]C1CC1.[CH3].[CH]1CC1.[CH]1CCC1. The van der Waals surface area contributed by atoms with Gasteiger partial charge in [0.25, 0.3) is 0 Å². The van der Waals surface area contributed by atoms with E-state index in [-0.39, 0.29) is 7.43 Å². The molecule has 0 saturated heterocycles. The summed E-state index contributed by atoms with van der Waals surface area (Å²) in [6.45, 7) is 12.8. The van der Waals surface area contributed by atoms with Crippen LogP contribution in [0.1, 0.15) is 65.7 Å². The molecule has 0 aromatic rings. The van der Waals surface area contributed by atoms with Crippen LogP contribution in [-0.4, -0.2) is 0 Å². The van der Waals surface area contributed by atoms with Gasteiger partial charge in [0, 0.05) is 0 Å². The minimum atomic E-state index is 0. The molecule has 0 N–H and O–H groups in total. The molecule has 3 aliphatic rings. The summed E-state index contributed by atoms with van der Waals surface area (Å²) in [5.74, 6) is 0.833. The van der Waals surface area contributed by atoms with Crippen LogP contribution in [0.2, 0.25) is 0 Å². The molecule has 0 heterocycles. The molecule has 0 aromatic carbocycles. The van der Waals surface area contributed by atoms with Crippen LogP contribution in [0.15, 0.2) is 0 Å². The van der Waals surface area contributed by atoms with Crippen molar-refractivity contribution in [1.29, 1.82) is 0 Å². The highest BCUT2D eigenvalue weighted by atomic mass is 14.2. The predicted octanol–water partition coefficient (Wildman–Crippen LogP) is 6.11. The van der Waals surface area contributed by atoms with Crippen molar-refractivity contribution in [3.8, 4) is 0 Å². The summed E-state index contributed by atoms with van der Waals surface area (Å²) < 4.78 is 0. The Morgan fingerprint density at radius 3 is 1.12 bits per heavy atom. The van der Waals surface area contributed by atoms with E-state index < -0.39 is 0 Å². The summed E-state index contributed by atoms with van der Waals surface area (Å²) in [5.41, 5.74) is 0. The molecule has 0 aliphatic heterocycles. The monoisotopic (exact) mass is 238 g/mol. The van der Waals surface area contributed by atoms with Gasteiger partial charge in [0.2, 0.25) is 0 Å². The zero-order valence-corrected chi connectivity index (χ0v) is 12.7. The Morgan fingerprint density at radius 1 is 0.941 bits per heavy atom. The molecule has 3 rings (SSSR count). The Morgan fingerprint density at radius 2 is 1.12 bits per heavy atom. The van der Waals surface area contributed by atoms with Gasteiger partial charge in [-0.1, -0.05) is 74.1 Å². The molecule has 102 valence electrons. The van der Waals surface area contributed by atoms with Crippen molar-refractivity contribution in [3.05, 3.63) is 40.5 Å². The van der Waals surface area contributed by atoms with E-state index in [1.807, 2.05) is 20.3 Å². The second kappa shape index (κ2) is 21.3. The van der Waals surface area contributed by atoms with Gasteiger partial charge in [0.15, 0.2) is 0 Å². The van der Waals surface area contributed by atoms with Crippen LogP contribution in [-0.2, 0) is 0 Å². The van der Waals surface area contributed by atoms with Crippen molar-refractivity contribution < 1.29 is 0 Å². The zero-order valence-electron chi connectivity index (χ0n) is 12.7. The first kappa shape index (κ1) is 22.2. The number of hydrogen-bond donors (Lipinski definition) is 0. The van der Waals surface area contributed by atoms with Gasteiger partial charge >= 0.3 is 0 Å². The summed E-state index contributed by atoms with van der Waals surface area (Å²) in [5, 5.41) is 0. The first-order valence-corrected chi connectivity index (χ1v) is 6.72. The fraction of sp³-hybridized carbons (Fsp3) is 0.647. The maximum atomic E-state index is 3.75. The molecule has 17 heavy (non-hydrogen) atoms. The summed E-state index contributed by atoms with van der Waals surface area (Å²) >= 11 is 0. The predicted molar refractivity (Wildman–Crippen MR) is 82.9 cm³/mol. The van der Waals surface area contributed by atoms with Crippen molar-refractivity contribution >= 4 is 0 Å². The average Bonchev–Trinajstić information content (AvgIpc) is 3.02. The minimum absolute atomic E-state index is 0. The van der Waals surface area contributed by atoms with E-state index in [1.54, 1.807) is 6.92 Å². The lowest BCUT2D eigenvalue weighted by molar-refractivity contribution is 0.652. The zero-order chi connectivity index (χ0) is 12.6. The fourth-order valence-electron chi connectivity index (χ4n) is 0.322. The first-order chi connectivity index (χ1) is 7.81. The Hall–Kier alpha value is 0. The fourth-order valence-corrected chi connectivity index (χ4v) is 0.322. The number of hydrogen-bond acceptors (Lipinski definition) is 0. The van der Waals surface area contributed by atoms with Gasteiger partial charge in [0.1, 0.15) is 0 Å². The van der Waals surface area contributed by atoms with Gasteiger partial charge in [0.05, 0.1) is 0 Å². The Bertz CT molecular complexity index is 79.5. The van der Waals surface area contributed by atoms with E-state index >= 15 is 0 Å². The molecular formula is C17H34. The lowest BCUT2D eigenvalue weighted by Crippen LogP contribution is -1.87. The van der Waals surface area contributed by atoms with E-state index in [0.29, 0.717) is 0 Å². The minimum Gasteiger partial charge on any atom is -0.0683 e. The first-order valence-electron chi connectivity index (χ1n) is 6.72. The van der Waals surface area contributed by atoms with Crippen molar-refractivity contribution in [2.45, 2.75) is 65.7 Å². The highest BCUT2D eigenvalue weighted by Crippen LogP contribution is 2.26. The molecular weight excluding hydrogens is 204 g/mol. The standard InChI is InChI=1S/2C4H7.C3H5.C3H7.C2H5.CH3/c1-4-2-3-4;1-2-4-3-1;1-2-3-1;1-3-2;1-2;/h4H,1-3H2;1H,2-4H2;1H,2-3H2;3H,1-2H3;1H2,2H3;1H3. The van der Waals surface area contributed by atoms with E-state index in [9.17, 15) is 0 Å². The molecule has 6 radical (unpaired) electrons. The Kier molecular flexibility index (Phi) is 27.8. The quantitative estimate of drug-likeness (QED) is 0.477. The molecule has 3 aliphatic carbocycles. The second-order valence-electron chi connectivity index (χ2n) is 4.11. The lowest BCUT2D eigenvalue weighted by atomic mass is 10.0. The van der Waals surface area contributed by atoms with Gasteiger partial charge in [-0.3, -0.25) is 0 Å². The second-order valence-corrected chi connectivity index (χ2v) is 4.11. The summed E-state index contributed by atoms with van der Waals surface area (Å²) in [7, 11) is 0. The van der Waals surface area contributed by atoms with Gasteiger partial charge in [-0.25, -0.2) is 0 Å². The lowest BCUT2D eigenvalue weighted by Gasteiger charge is -2.05. The molecule has 3 saturated carbocycles. The van der Waals surface area contributed by atoms with Crippen LogP contribution in [0.25, 0.3) is 0 Å².